The molecule has 24 rings (SSSR count). The molecule has 9 aromatic heterocycles. The lowest BCUT2D eigenvalue weighted by molar-refractivity contribution is 0.0277. The van der Waals surface area contributed by atoms with E-state index in [2.05, 4.69) is 86.5 Å². The largest absolute Gasteiger partial charge is 0.364 e. The Morgan fingerprint density at radius 1 is 0.344 bits per heavy atom. The Hall–Kier alpha value is -13.1. The van der Waals surface area contributed by atoms with Crippen LogP contribution in [0.15, 0.2) is 184 Å². The van der Waals surface area contributed by atoms with Crippen molar-refractivity contribution in [3.05, 3.63) is 268 Å². The highest BCUT2D eigenvalue weighted by Gasteiger charge is 2.49. The molecule has 8 aliphatic heterocycles. The van der Waals surface area contributed by atoms with E-state index in [-0.39, 0.29) is 123 Å². The van der Waals surface area contributed by atoms with Crippen LogP contribution in [0.4, 0.5) is 45.2 Å². The van der Waals surface area contributed by atoms with Gasteiger partial charge in [-0.3, -0.25) is 24.2 Å². The minimum absolute atomic E-state index is 0.0105. The Labute approximate surface area is 723 Å². The first kappa shape index (κ1) is 84.1. The topological polar surface area (TPSA) is 307 Å². The third-order valence-electron chi connectivity index (χ3n) is 25.0. The van der Waals surface area contributed by atoms with Crippen LogP contribution in [0.25, 0.3) is 34.3 Å². The molecular weight excluding hydrogens is 1620 g/mol. The van der Waals surface area contributed by atoms with Crippen molar-refractivity contribution in [1.29, 1.82) is 0 Å². The van der Waals surface area contributed by atoms with Crippen molar-refractivity contribution in [1.82, 2.24) is 94.4 Å². The second-order valence-electron chi connectivity index (χ2n) is 33.7. The Balaban J connectivity index is 0.000000118. The number of carbonyl (C=O) groups is 4. The average Bonchev–Trinajstić information content (AvgIpc) is 1.67. The summed E-state index contributed by atoms with van der Waals surface area (Å²) in [4.78, 5) is 103. The molecule has 4 saturated carbocycles. The summed E-state index contributed by atoms with van der Waals surface area (Å²) in [5.74, 6) is 0.523. The minimum Gasteiger partial charge on any atom is -0.364 e. The predicted octanol–water partition coefficient (Wildman–Crippen LogP) is 15.1. The van der Waals surface area contributed by atoms with Crippen molar-refractivity contribution in [2.45, 2.75) is 160 Å². The zero-order valence-corrected chi connectivity index (χ0v) is 70.2. The summed E-state index contributed by atoms with van der Waals surface area (Å²) >= 11 is 6.42. The molecule has 3 aromatic carbocycles. The molecule has 12 aliphatic rings. The van der Waals surface area contributed by atoms with Crippen molar-refractivity contribution in [2.75, 3.05) is 47.4 Å². The van der Waals surface area contributed by atoms with Crippen molar-refractivity contribution in [2.24, 2.45) is 23.7 Å². The van der Waals surface area contributed by atoms with E-state index in [0.29, 0.717) is 82.5 Å². The van der Waals surface area contributed by atoms with E-state index < -0.39 is 23.3 Å². The first-order chi connectivity index (χ1) is 60.6. The van der Waals surface area contributed by atoms with Crippen LogP contribution >= 0.6 is 11.6 Å². The van der Waals surface area contributed by atoms with Gasteiger partial charge >= 0.3 is 0 Å². The summed E-state index contributed by atoms with van der Waals surface area (Å²) in [6, 6.07) is 27.4. The van der Waals surface area contributed by atoms with Gasteiger partial charge in [0.15, 0.2) is 52.4 Å². The predicted molar refractivity (Wildman–Crippen MR) is 459 cm³/mol. The second-order valence-corrected chi connectivity index (χ2v) is 34.1. The Kier molecular flexibility index (Phi) is 24.7. The zero-order chi connectivity index (χ0) is 86.7. The lowest BCUT2D eigenvalue weighted by Gasteiger charge is -2.50. The number of halogens is 6. The summed E-state index contributed by atoms with van der Waals surface area (Å²) < 4.78 is 72.5. The van der Waals surface area contributed by atoms with Crippen LogP contribution in [0.5, 0.6) is 0 Å². The van der Waals surface area contributed by atoms with E-state index in [0.717, 1.165) is 116 Å². The molecule has 33 heteroatoms. The molecule has 125 heavy (non-hydrogen) atoms. The molecule has 17 heterocycles. The molecule has 4 amide bonds. The zero-order valence-electron chi connectivity index (χ0n) is 69.5. The maximum absolute atomic E-state index is 14.8. The number of piperidine rings is 8. The molecule has 27 nitrogen and oxygen atoms in total. The van der Waals surface area contributed by atoms with E-state index in [1.165, 1.54) is 72.0 Å². The lowest BCUT2D eigenvalue weighted by Crippen LogP contribution is -2.60. The fourth-order valence-electron chi connectivity index (χ4n) is 19.3. The van der Waals surface area contributed by atoms with Gasteiger partial charge in [0.1, 0.15) is 23.0 Å². The minimum atomic E-state index is -0.565. The van der Waals surface area contributed by atoms with Gasteiger partial charge < -0.3 is 40.9 Å². The standard InChI is InChI=1S/C24H25ClN6O.C24H23F2N5O.C22H22F2N6O.C22H23FN6O/c1-14-8-17(21(28-11-14)23-26-6-3-7-27-23)24(32)31-13-16-4-5-20(31)19(10-16)30-22-18(25)9-15(2)12-29-22;1-14-10-18(26)22(29-12-14)30-19-11-15-6-7-20(19)31(13-15)24(32)16-4-2-5-17(25)21(16)23-27-8-3-9-28-23;1-13-9-17(24)21(25-11-13)28-18-10-14-5-6-19(18)29(12-14)22(31)15-3-2-4-16(23)20(15)30-26-7-8-27-30;1-14-10-17(23)21(24-12-14)27-18-11-15-6-7-20(18)28(13-15)22(30)16-4-2-3-5-19(16)29-25-8-9-26-29/h3,6-9,11-12,16,19-20H,4-5,10,13H2,1-2H3,(H,29,30);2-5,8-10,12,15,19-20H,6-7,11,13H2,1H3,(H,29,30);2-4,7-9,11,14,18-19H,5-6,10,12H2,1H3,(H,25,28);2-5,8-10,12,15,18,20H,6-7,11,13H2,1H3,(H,24,27). The SMILES string of the molecule is Cc1cnc(NC2CC3CCC2N(C(=O)c2cc(C)cnc2-c2ncccn2)C3)c(Cl)c1.Cc1cnc(NC2CC3CCC2N(C(=O)c2cccc(F)c2-c2ncccn2)C3)c(F)c1.Cc1cnc(NC2CC3CCC2N(C(=O)c2cccc(F)c2-n2nccn2)C3)c(F)c1.Cc1cnc(NC2CC3CCC2N(C(=O)c2ccccc2-n2nccn2)C3)c(F)c1. The average molecular weight is 1720 g/mol. The number of hydrogen-bond acceptors (Lipinski definition) is 21. The third kappa shape index (κ3) is 18.2. The summed E-state index contributed by atoms with van der Waals surface area (Å²) in [7, 11) is 0. The van der Waals surface area contributed by atoms with Gasteiger partial charge in [-0.1, -0.05) is 35.9 Å². The molecule has 0 radical (unpaired) electrons. The van der Waals surface area contributed by atoms with Crippen LogP contribution in [0.2, 0.25) is 5.02 Å². The van der Waals surface area contributed by atoms with Crippen LogP contribution < -0.4 is 21.3 Å². The maximum atomic E-state index is 14.8. The van der Waals surface area contributed by atoms with Gasteiger partial charge in [0.2, 0.25) is 0 Å². The maximum Gasteiger partial charge on any atom is 0.256 e. The summed E-state index contributed by atoms with van der Waals surface area (Å²) in [6.07, 6.45) is 32.1. The molecule has 12 aromatic rings. The Bertz CT molecular complexity index is 5840. The van der Waals surface area contributed by atoms with E-state index >= 15 is 0 Å². The van der Waals surface area contributed by atoms with Gasteiger partial charge in [0, 0.05) is 106 Å². The molecule has 0 spiro atoms. The molecule has 8 bridgehead atoms. The van der Waals surface area contributed by atoms with Gasteiger partial charge in [-0.2, -0.15) is 25.2 Å². The van der Waals surface area contributed by atoms with Crippen molar-refractivity contribution >= 4 is 58.5 Å². The second kappa shape index (κ2) is 36.7. The molecule has 12 unspecified atom stereocenters. The molecule has 12 atom stereocenters. The number of benzene rings is 3. The fourth-order valence-corrected chi connectivity index (χ4v) is 19.6. The number of nitrogens with one attached hydrogen (secondary N) is 4. The fraction of sp³-hybridized carbons (Fsp3) is 0.359. The highest BCUT2D eigenvalue weighted by Crippen LogP contribution is 2.44. The number of amides is 4. The van der Waals surface area contributed by atoms with E-state index in [4.69, 9.17) is 11.6 Å². The summed E-state index contributed by atoms with van der Waals surface area (Å²) in [5, 5.41) is 30.2. The van der Waals surface area contributed by atoms with Crippen LogP contribution in [0.1, 0.15) is 146 Å². The summed E-state index contributed by atoms with van der Waals surface area (Å²) in [5.41, 5.74) is 7.12. The number of nitrogens with zero attached hydrogens (tertiary/aromatic N) is 19. The molecule has 4 N–H and O–H groups in total. The first-order valence-electron chi connectivity index (χ1n) is 42.3. The van der Waals surface area contributed by atoms with Gasteiger partial charge in [-0.15, -0.1) is 4.80 Å². The monoisotopic (exact) mass is 1710 g/mol. The van der Waals surface area contributed by atoms with Crippen molar-refractivity contribution in [3.63, 3.8) is 0 Å². The van der Waals surface area contributed by atoms with E-state index in [9.17, 15) is 41.1 Å². The number of aromatic nitrogens is 15. The normalized spacial score (nSPS) is 22.4. The number of fused-ring (bicyclic) bond motifs is 12. The number of para-hydroxylation sites is 2. The molecule has 12 fully saturated rings. The van der Waals surface area contributed by atoms with Gasteiger partial charge in [0.25, 0.3) is 23.6 Å². The number of rotatable bonds is 16. The number of aryl methyl sites for hydroxylation is 5. The number of pyridine rings is 5. The number of hydrogen-bond donors (Lipinski definition) is 4. The highest BCUT2D eigenvalue weighted by molar-refractivity contribution is 6.33. The van der Waals surface area contributed by atoms with Crippen molar-refractivity contribution < 1.29 is 41.1 Å². The van der Waals surface area contributed by atoms with Gasteiger partial charge in [0.05, 0.1) is 87.5 Å². The molecular formula is C92H93ClF5N23O4. The quantitative estimate of drug-likeness (QED) is 0.0653. The lowest BCUT2D eigenvalue weighted by atomic mass is 9.76. The Morgan fingerprint density at radius 3 is 1.15 bits per heavy atom. The number of anilines is 4. The number of carbonyl (C=O) groups excluding carboxylic acids is 4. The van der Waals surface area contributed by atoms with Gasteiger partial charge in [-0.05, 0) is 242 Å². The highest BCUT2D eigenvalue weighted by atomic mass is 35.5. The molecule has 642 valence electrons. The summed E-state index contributed by atoms with van der Waals surface area (Å²) in [6.45, 7) is 11.9. The molecule has 4 aliphatic carbocycles. The Morgan fingerprint density at radius 2 is 0.704 bits per heavy atom. The third-order valence-corrected chi connectivity index (χ3v) is 25.3. The van der Waals surface area contributed by atoms with Crippen LogP contribution in [-0.4, -0.2) is 193 Å². The van der Waals surface area contributed by atoms with Crippen LogP contribution in [0, 0.1) is 87.4 Å². The van der Waals surface area contributed by atoms with Gasteiger partial charge in [-0.25, -0.2) is 61.8 Å². The first-order valence-corrected chi connectivity index (χ1v) is 42.7. The van der Waals surface area contributed by atoms with E-state index in [1.54, 1.807) is 97.5 Å². The smallest absolute Gasteiger partial charge is 0.256 e. The van der Waals surface area contributed by atoms with Crippen LogP contribution in [-0.2, 0) is 0 Å². The molecule has 8 saturated heterocycles. The van der Waals surface area contributed by atoms with Crippen LogP contribution in [0.3, 0.4) is 0 Å². The van der Waals surface area contributed by atoms with E-state index in [1.807, 2.05) is 73.2 Å². The van der Waals surface area contributed by atoms with Crippen molar-refractivity contribution in [3.8, 4) is 34.3 Å².